The van der Waals surface area contributed by atoms with Crippen LogP contribution in [-0.2, 0) is 11.3 Å². The smallest absolute Gasteiger partial charge is 0.223 e. The van der Waals surface area contributed by atoms with Crippen LogP contribution in [0.25, 0.3) is 0 Å². The van der Waals surface area contributed by atoms with E-state index in [9.17, 15) is 15.0 Å². The number of para-hydroxylation sites is 1. The van der Waals surface area contributed by atoms with Gasteiger partial charge in [-0.3, -0.25) is 4.79 Å². The number of phenolic OH excluding ortho intramolecular Hbond substituents is 2. The van der Waals surface area contributed by atoms with E-state index in [-0.39, 0.29) is 17.4 Å². The summed E-state index contributed by atoms with van der Waals surface area (Å²) in [6.45, 7) is 6.33. The molecule has 1 aromatic rings. The average molecular weight is 266 g/mol. The SMILES string of the molecule is CCN(CC)C(=O)CCNCc1cccc(O)c1O. The Labute approximate surface area is 113 Å². The van der Waals surface area contributed by atoms with Crippen molar-refractivity contribution in [3.63, 3.8) is 0 Å². The third-order valence-electron chi connectivity index (χ3n) is 3.05. The summed E-state index contributed by atoms with van der Waals surface area (Å²) in [4.78, 5) is 13.5. The second-order valence-electron chi connectivity index (χ2n) is 4.28. The number of phenols is 2. The Hall–Kier alpha value is -1.75. The van der Waals surface area contributed by atoms with Crippen LogP contribution >= 0.6 is 0 Å². The summed E-state index contributed by atoms with van der Waals surface area (Å²) in [5, 5.41) is 22.0. The fraction of sp³-hybridized carbons (Fsp3) is 0.500. The number of aromatic hydroxyl groups is 2. The molecule has 1 aromatic carbocycles. The molecule has 0 saturated carbocycles. The quantitative estimate of drug-likeness (QED) is 0.516. The molecule has 1 rings (SSSR count). The molecule has 0 aliphatic heterocycles. The topological polar surface area (TPSA) is 72.8 Å². The zero-order valence-electron chi connectivity index (χ0n) is 11.5. The minimum absolute atomic E-state index is 0.106. The zero-order chi connectivity index (χ0) is 14.3. The first-order valence-electron chi connectivity index (χ1n) is 6.58. The Bertz CT molecular complexity index is 417. The summed E-state index contributed by atoms with van der Waals surface area (Å²) >= 11 is 0. The lowest BCUT2D eigenvalue weighted by Gasteiger charge is -2.18. The van der Waals surface area contributed by atoms with Gasteiger partial charge in [0.15, 0.2) is 11.5 Å². The molecule has 0 aliphatic carbocycles. The van der Waals surface area contributed by atoms with E-state index >= 15 is 0 Å². The minimum atomic E-state index is -0.126. The van der Waals surface area contributed by atoms with Gasteiger partial charge in [0.1, 0.15) is 0 Å². The van der Waals surface area contributed by atoms with Crippen molar-refractivity contribution in [2.75, 3.05) is 19.6 Å². The summed E-state index contributed by atoms with van der Waals surface area (Å²) in [5.41, 5.74) is 0.621. The van der Waals surface area contributed by atoms with Gasteiger partial charge in [0.05, 0.1) is 0 Å². The molecular weight excluding hydrogens is 244 g/mol. The molecule has 0 aliphatic rings. The molecule has 5 heteroatoms. The van der Waals surface area contributed by atoms with E-state index in [1.807, 2.05) is 13.8 Å². The third kappa shape index (κ3) is 4.44. The maximum absolute atomic E-state index is 11.7. The molecule has 0 aromatic heterocycles. The molecular formula is C14H22N2O3. The highest BCUT2D eigenvalue weighted by molar-refractivity contribution is 5.76. The minimum Gasteiger partial charge on any atom is -0.504 e. The Balaban J connectivity index is 2.35. The molecule has 3 N–H and O–H groups in total. The van der Waals surface area contributed by atoms with Gasteiger partial charge < -0.3 is 20.4 Å². The van der Waals surface area contributed by atoms with Crippen molar-refractivity contribution < 1.29 is 15.0 Å². The highest BCUT2D eigenvalue weighted by Gasteiger charge is 2.09. The van der Waals surface area contributed by atoms with E-state index in [0.29, 0.717) is 25.1 Å². The van der Waals surface area contributed by atoms with E-state index in [2.05, 4.69) is 5.32 Å². The van der Waals surface area contributed by atoms with Crippen LogP contribution < -0.4 is 5.32 Å². The fourth-order valence-electron chi connectivity index (χ4n) is 1.87. The van der Waals surface area contributed by atoms with E-state index in [0.717, 1.165) is 13.1 Å². The number of nitrogens with one attached hydrogen (secondary N) is 1. The van der Waals surface area contributed by atoms with Crippen molar-refractivity contribution in [3.8, 4) is 11.5 Å². The van der Waals surface area contributed by atoms with Crippen molar-refractivity contribution in [3.05, 3.63) is 23.8 Å². The molecule has 19 heavy (non-hydrogen) atoms. The van der Waals surface area contributed by atoms with Crippen LogP contribution in [0.2, 0.25) is 0 Å². The molecule has 106 valence electrons. The van der Waals surface area contributed by atoms with Crippen LogP contribution in [0.5, 0.6) is 11.5 Å². The fourth-order valence-corrected chi connectivity index (χ4v) is 1.87. The second-order valence-corrected chi connectivity index (χ2v) is 4.28. The van der Waals surface area contributed by atoms with Crippen LogP contribution in [0.1, 0.15) is 25.8 Å². The van der Waals surface area contributed by atoms with E-state index in [1.54, 1.807) is 17.0 Å². The van der Waals surface area contributed by atoms with Gasteiger partial charge in [0, 0.05) is 38.2 Å². The number of carbonyl (C=O) groups excluding carboxylic acids is 1. The van der Waals surface area contributed by atoms with E-state index < -0.39 is 0 Å². The number of hydrogen-bond acceptors (Lipinski definition) is 4. The Kier molecular flexibility index (Phi) is 6.15. The number of amides is 1. The molecule has 0 atom stereocenters. The van der Waals surface area contributed by atoms with Crippen LogP contribution in [-0.4, -0.2) is 40.7 Å². The largest absolute Gasteiger partial charge is 0.504 e. The summed E-state index contributed by atoms with van der Waals surface area (Å²) in [7, 11) is 0. The number of hydrogen-bond donors (Lipinski definition) is 3. The molecule has 1 amide bonds. The van der Waals surface area contributed by atoms with Gasteiger partial charge >= 0.3 is 0 Å². The van der Waals surface area contributed by atoms with Gasteiger partial charge in [-0.05, 0) is 19.9 Å². The molecule has 0 fully saturated rings. The van der Waals surface area contributed by atoms with Crippen molar-refractivity contribution in [2.45, 2.75) is 26.8 Å². The van der Waals surface area contributed by atoms with Gasteiger partial charge in [-0.1, -0.05) is 12.1 Å². The normalized spacial score (nSPS) is 10.4. The monoisotopic (exact) mass is 266 g/mol. The molecule has 0 bridgehead atoms. The van der Waals surface area contributed by atoms with Crippen molar-refractivity contribution in [1.82, 2.24) is 10.2 Å². The number of rotatable bonds is 7. The lowest BCUT2D eigenvalue weighted by atomic mass is 10.2. The van der Waals surface area contributed by atoms with Gasteiger partial charge in [-0.15, -0.1) is 0 Å². The van der Waals surface area contributed by atoms with Crippen LogP contribution in [0.15, 0.2) is 18.2 Å². The molecule has 0 spiro atoms. The maximum atomic E-state index is 11.7. The third-order valence-corrected chi connectivity index (χ3v) is 3.05. The number of benzene rings is 1. The van der Waals surface area contributed by atoms with Gasteiger partial charge in [0.25, 0.3) is 0 Å². The van der Waals surface area contributed by atoms with Crippen LogP contribution in [0.4, 0.5) is 0 Å². The Morgan fingerprint density at radius 1 is 1.26 bits per heavy atom. The van der Waals surface area contributed by atoms with E-state index in [1.165, 1.54) is 6.07 Å². The van der Waals surface area contributed by atoms with Crippen LogP contribution in [0, 0.1) is 0 Å². The summed E-state index contributed by atoms with van der Waals surface area (Å²) in [6.07, 6.45) is 0.432. The second kappa shape index (κ2) is 7.63. The molecule has 0 heterocycles. The average Bonchev–Trinajstić information content (AvgIpc) is 2.40. The first-order chi connectivity index (χ1) is 9.10. The molecule has 0 unspecified atom stereocenters. The standard InChI is InChI=1S/C14H22N2O3/c1-3-16(4-2)13(18)8-9-15-10-11-6-5-7-12(17)14(11)19/h5-7,15,17,19H,3-4,8-10H2,1-2H3. The highest BCUT2D eigenvalue weighted by atomic mass is 16.3. The first-order valence-corrected chi connectivity index (χ1v) is 6.58. The van der Waals surface area contributed by atoms with Crippen molar-refractivity contribution in [2.24, 2.45) is 0 Å². The predicted molar refractivity (Wildman–Crippen MR) is 74.0 cm³/mol. The lowest BCUT2D eigenvalue weighted by molar-refractivity contribution is -0.130. The Morgan fingerprint density at radius 3 is 2.58 bits per heavy atom. The Morgan fingerprint density at radius 2 is 1.95 bits per heavy atom. The van der Waals surface area contributed by atoms with Gasteiger partial charge in [-0.2, -0.15) is 0 Å². The first kappa shape index (κ1) is 15.3. The number of nitrogens with zero attached hydrogens (tertiary/aromatic N) is 1. The van der Waals surface area contributed by atoms with Crippen LogP contribution in [0.3, 0.4) is 0 Å². The lowest BCUT2D eigenvalue weighted by Crippen LogP contribution is -2.32. The van der Waals surface area contributed by atoms with Gasteiger partial charge in [0.2, 0.25) is 5.91 Å². The summed E-state index contributed by atoms with van der Waals surface area (Å²) in [5.74, 6) is -0.110. The van der Waals surface area contributed by atoms with Crippen molar-refractivity contribution in [1.29, 1.82) is 0 Å². The molecule has 5 nitrogen and oxygen atoms in total. The summed E-state index contributed by atoms with van der Waals surface area (Å²) in [6, 6.07) is 4.84. The maximum Gasteiger partial charge on any atom is 0.223 e. The molecule has 0 radical (unpaired) electrons. The zero-order valence-corrected chi connectivity index (χ0v) is 11.5. The number of carbonyl (C=O) groups is 1. The molecule has 0 saturated heterocycles. The van der Waals surface area contributed by atoms with Crippen molar-refractivity contribution >= 4 is 5.91 Å². The highest BCUT2D eigenvalue weighted by Crippen LogP contribution is 2.27. The van der Waals surface area contributed by atoms with Gasteiger partial charge in [-0.25, -0.2) is 0 Å². The predicted octanol–water partition coefficient (Wildman–Crippen LogP) is 1.45. The summed E-state index contributed by atoms with van der Waals surface area (Å²) < 4.78 is 0. The van der Waals surface area contributed by atoms with E-state index in [4.69, 9.17) is 0 Å².